The summed E-state index contributed by atoms with van der Waals surface area (Å²) in [6, 6.07) is 9.07. The molecule has 0 radical (unpaired) electrons. The van der Waals surface area contributed by atoms with Gasteiger partial charge in [-0.2, -0.15) is 0 Å². The van der Waals surface area contributed by atoms with Gasteiger partial charge in [0.2, 0.25) is 21.8 Å². The molecule has 0 saturated heterocycles. The Hall–Kier alpha value is -2.00. The summed E-state index contributed by atoms with van der Waals surface area (Å²) in [5, 5.41) is 3.05. The molecule has 34 heavy (non-hydrogen) atoms. The molecule has 0 aliphatic rings. The van der Waals surface area contributed by atoms with Gasteiger partial charge in [0, 0.05) is 12.6 Å². The van der Waals surface area contributed by atoms with E-state index in [0.29, 0.717) is 0 Å². The van der Waals surface area contributed by atoms with Crippen molar-refractivity contribution < 1.29 is 18.0 Å². The molecule has 1 atom stereocenters. The van der Waals surface area contributed by atoms with E-state index in [4.69, 9.17) is 34.8 Å². The molecular formula is C23H28Cl3N3O4S. The van der Waals surface area contributed by atoms with Crippen LogP contribution >= 0.6 is 34.8 Å². The van der Waals surface area contributed by atoms with Crippen molar-refractivity contribution >= 4 is 62.3 Å². The summed E-state index contributed by atoms with van der Waals surface area (Å²) in [6.07, 6.45) is 0.958. The van der Waals surface area contributed by atoms with E-state index in [1.807, 2.05) is 45.0 Å². The standard InChI is InChI=1S/C23H28Cl3N3O4S/c1-14(2)27-23(31)16(4)28(12-17-9-7-6-8-15(17)3)22(30)13-29(34(5,32)33)21-11-19(25)18(24)10-20(21)26/h6-11,14,16H,12-13H2,1-5H3,(H,27,31)/t16-/m1/s1. The van der Waals surface area contributed by atoms with Gasteiger partial charge in [-0.3, -0.25) is 13.9 Å². The minimum atomic E-state index is -3.95. The van der Waals surface area contributed by atoms with Gasteiger partial charge >= 0.3 is 0 Å². The van der Waals surface area contributed by atoms with Crippen LogP contribution in [-0.4, -0.2) is 50.0 Å². The fourth-order valence-electron chi connectivity index (χ4n) is 3.26. The number of sulfonamides is 1. The number of nitrogens with one attached hydrogen (secondary N) is 1. The lowest BCUT2D eigenvalue weighted by atomic mass is 10.1. The normalized spacial score (nSPS) is 12.4. The van der Waals surface area contributed by atoms with E-state index in [1.54, 1.807) is 6.92 Å². The number of benzene rings is 2. The first-order chi connectivity index (χ1) is 15.7. The molecule has 0 unspecified atom stereocenters. The van der Waals surface area contributed by atoms with Gasteiger partial charge in [0.1, 0.15) is 12.6 Å². The zero-order valence-corrected chi connectivity index (χ0v) is 22.7. The van der Waals surface area contributed by atoms with E-state index >= 15 is 0 Å². The fourth-order valence-corrected chi connectivity index (χ4v) is 4.80. The Kier molecular flexibility index (Phi) is 9.65. The third kappa shape index (κ3) is 7.25. The van der Waals surface area contributed by atoms with Crippen molar-refractivity contribution in [2.75, 3.05) is 17.1 Å². The molecule has 0 heterocycles. The highest BCUT2D eigenvalue weighted by Gasteiger charge is 2.31. The Balaban J connectivity index is 2.48. The number of hydrogen-bond acceptors (Lipinski definition) is 4. The Bertz CT molecular complexity index is 1170. The van der Waals surface area contributed by atoms with Gasteiger partial charge < -0.3 is 10.2 Å². The molecular weight excluding hydrogens is 521 g/mol. The van der Waals surface area contributed by atoms with Crippen LogP contribution in [0.25, 0.3) is 0 Å². The largest absolute Gasteiger partial charge is 0.352 e. The first-order valence-corrected chi connectivity index (χ1v) is 13.5. The molecule has 11 heteroatoms. The summed E-state index contributed by atoms with van der Waals surface area (Å²) >= 11 is 18.3. The van der Waals surface area contributed by atoms with E-state index in [2.05, 4.69) is 5.32 Å². The lowest BCUT2D eigenvalue weighted by Crippen LogP contribution is -2.52. The van der Waals surface area contributed by atoms with Crippen LogP contribution in [0.2, 0.25) is 15.1 Å². The van der Waals surface area contributed by atoms with Crippen molar-refractivity contribution in [2.24, 2.45) is 0 Å². The number of carbonyl (C=O) groups is 2. The topological polar surface area (TPSA) is 86.8 Å². The summed E-state index contributed by atoms with van der Waals surface area (Å²) in [6.45, 7) is 6.66. The molecule has 2 aromatic rings. The van der Waals surface area contributed by atoms with E-state index in [-0.39, 0.29) is 39.2 Å². The highest BCUT2D eigenvalue weighted by Crippen LogP contribution is 2.35. The van der Waals surface area contributed by atoms with Gasteiger partial charge in [-0.25, -0.2) is 8.42 Å². The first-order valence-electron chi connectivity index (χ1n) is 10.5. The maximum Gasteiger partial charge on any atom is 0.244 e. The Morgan fingerprint density at radius 1 is 1.00 bits per heavy atom. The molecule has 2 amide bonds. The van der Waals surface area contributed by atoms with Crippen molar-refractivity contribution in [2.45, 2.75) is 46.3 Å². The van der Waals surface area contributed by atoms with Crippen molar-refractivity contribution in [1.29, 1.82) is 0 Å². The molecule has 0 bridgehead atoms. The van der Waals surface area contributed by atoms with Crippen molar-refractivity contribution in [3.8, 4) is 0 Å². The minimum absolute atomic E-state index is 0.0158. The summed E-state index contributed by atoms with van der Waals surface area (Å²) in [7, 11) is -3.95. The molecule has 0 saturated carbocycles. The van der Waals surface area contributed by atoms with E-state index in [0.717, 1.165) is 21.7 Å². The molecule has 7 nitrogen and oxygen atoms in total. The number of rotatable bonds is 9. The average molecular weight is 549 g/mol. The summed E-state index contributed by atoms with van der Waals surface area (Å²) in [4.78, 5) is 27.6. The highest BCUT2D eigenvalue weighted by atomic mass is 35.5. The van der Waals surface area contributed by atoms with Gasteiger partial charge in [-0.15, -0.1) is 0 Å². The van der Waals surface area contributed by atoms with Crippen molar-refractivity contribution in [3.05, 3.63) is 62.6 Å². The second-order valence-corrected chi connectivity index (χ2v) is 11.4. The quantitative estimate of drug-likeness (QED) is 0.462. The Labute approximate surface area is 216 Å². The summed E-state index contributed by atoms with van der Waals surface area (Å²) in [5.74, 6) is -0.933. The van der Waals surface area contributed by atoms with Crippen molar-refractivity contribution in [3.63, 3.8) is 0 Å². The second kappa shape index (κ2) is 11.6. The summed E-state index contributed by atoms with van der Waals surface area (Å²) < 4.78 is 26.1. The Morgan fingerprint density at radius 2 is 1.59 bits per heavy atom. The van der Waals surface area contributed by atoms with Gasteiger partial charge in [-0.1, -0.05) is 59.1 Å². The van der Waals surface area contributed by atoms with Crippen LogP contribution in [0.5, 0.6) is 0 Å². The van der Waals surface area contributed by atoms with Crippen LogP contribution < -0.4 is 9.62 Å². The number of aryl methyl sites for hydroxylation is 1. The molecule has 186 valence electrons. The fraction of sp³-hybridized carbons (Fsp3) is 0.391. The van der Waals surface area contributed by atoms with Crippen LogP contribution in [0.1, 0.15) is 31.9 Å². The molecule has 0 spiro atoms. The first kappa shape index (κ1) is 28.2. The predicted molar refractivity (Wildman–Crippen MR) is 138 cm³/mol. The van der Waals surface area contributed by atoms with Crippen LogP contribution in [0, 0.1) is 6.92 Å². The molecule has 2 rings (SSSR count). The van der Waals surface area contributed by atoms with Crippen LogP contribution in [0.15, 0.2) is 36.4 Å². The summed E-state index contributed by atoms with van der Waals surface area (Å²) in [5.41, 5.74) is 1.78. The van der Waals surface area contributed by atoms with Gasteiger partial charge in [0.15, 0.2) is 0 Å². The third-order valence-electron chi connectivity index (χ3n) is 5.14. The monoisotopic (exact) mass is 547 g/mol. The smallest absolute Gasteiger partial charge is 0.244 e. The van der Waals surface area contributed by atoms with Crippen LogP contribution in [0.4, 0.5) is 5.69 Å². The maximum atomic E-state index is 13.5. The van der Waals surface area contributed by atoms with Crippen molar-refractivity contribution in [1.82, 2.24) is 10.2 Å². The van der Waals surface area contributed by atoms with Crippen LogP contribution in [0.3, 0.4) is 0 Å². The molecule has 0 aliphatic heterocycles. The van der Waals surface area contributed by atoms with Crippen LogP contribution in [-0.2, 0) is 26.2 Å². The number of anilines is 1. The maximum absolute atomic E-state index is 13.5. The SMILES string of the molecule is Cc1ccccc1CN(C(=O)CN(c1cc(Cl)c(Cl)cc1Cl)S(C)(=O)=O)[C@H](C)C(=O)NC(C)C. The Morgan fingerprint density at radius 3 is 2.15 bits per heavy atom. The number of hydrogen-bond donors (Lipinski definition) is 1. The average Bonchev–Trinajstić information content (AvgIpc) is 2.72. The molecule has 2 aromatic carbocycles. The van der Waals surface area contributed by atoms with E-state index < -0.39 is 28.5 Å². The zero-order chi connectivity index (χ0) is 25.8. The van der Waals surface area contributed by atoms with Gasteiger partial charge in [-0.05, 0) is 51.0 Å². The number of carbonyl (C=O) groups excluding carboxylic acids is 2. The predicted octanol–water partition coefficient (Wildman–Crippen LogP) is 4.66. The lowest BCUT2D eigenvalue weighted by molar-refractivity contribution is -0.139. The highest BCUT2D eigenvalue weighted by molar-refractivity contribution is 7.92. The minimum Gasteiger partial charge on any atom is -0.352 e. The van der Waals surface area contributed by atoms with E-state index in [9.17, 15) is 18.0 Å². The molecule has 1 N–H and O–H groups in total. The molecule has 0 fully saturated rings. The van der Waals surface area contributed by atoms with E-state index in [1.165, 1.54) is 17.0 Å². The molecule has 0 aliphatic carbocycles. The van der Waals surface area contributed by atoms with Gasteiger partial charge in [0.25, 0.3) is 0 Å². The second-order valence-electron chi connectivity index (χ2n) is 8.27. The molecule has 0 aromatic heterocycles. The third-order valence-corrected chi connectivity index (χ3v) is 7.29. The number of amides is 2. The lowest BCUT2D eigenvalue weighted by Gasteiger charge is -2.32. The number of halogens is 3. The van der Waals surface area contributed by atoms with Gasteiger partial charge in [0.05, 0.1) is 27.0 Å². The zero-order valence-electron chi connectivity index (χ0n) is 19.6. The number of nitrogens with zero attached hydrogens (tertiary/aromatic N) is 2.